The average Bonchev–Trinajstić information content (AvgIpc) is 2.58. The largest absolute Gasteiger partial charge is 0.459 e. The average molecular weight is 366 g/mol. The molecular weight excluding hydrogens is 340 g/mol. The molecule has 0 spiro atoms. The van der Waals surface area contributed by atoms with E-state index in [1.807, 2.05) is 6.07 Å². The number of carbonyl (C=O) groups is 3. The van der Waals surface area contributed by atoms with Crippen molar-refractivity contribution < 1.29 is 33.7 Å². The molecule has 26 heavy (non-hydrogen) atoms. The van der Waals surface area contributed by atoms with Crippen LogP contribution in [0.3, 0.4) is 0 Å². The molecular formula is C19H26O7. The van der Waals surface area contributed by atoms with Gasteiger partial charge < -0.3 is 24.1 Å². The molecule has 2 atom stereocenters. The Labute approximate surface area is 153 Å². The number of esters is 2. The normalized spacial score (nSPS) is 13.5. The Bertz CT molecular complexity index is 577. The first-order chi connectivity index (χ1) is 12.2. The molecule has 0 aromatic heterocycles. The van der Waals surface area contributed by atoms with Gasteiger partial charge in [-0.3, -0.25) is 0 Å². The summed E-state index contributed by atoms with van der Waals surface area (Å²) in [5, 5.41) is 10.2. The van der Waals surface area contributed by atoms with Crippen LogP contribution in [0.5, 0.6) is 0 Å². The third-order valence-electron chi connectivity index (χ3n) is 3.15. The van der Waals surface area contributed by atoms with Gasteiger partial charge in [-0.05, 0) is 32.8 Å². The quantitative estimate of drug-likeness (QED) is 0.383. The van der Waals surface area contributed by atoms with Crippen LogP contribution in [0, 0.1) is 0 Å². The highest BCUT2D eigenvalue weighted by Crippen LogP contribution is 2.13. The van der Waals surface area contributed by atoms with E-state index < -0.39 is 29.7 Å². The molecule has 0 fully saturated rings. The maximum Gasteiger partial charge on any atom is 0.338 e. The molecule has 0 aliphatic heterocycles. The molecule has 0 aliphatic rings. The molecule has 0 saturated carbocycles. The predicted octanol–water partition coefficient (Wildman–Crippen LogP) is 1.80. The number of carbonyl (C=O) groups excluding carboxylic acids is 3. The van der Waals surface area contributed by atoms with Crippen molar-refractivity contribution in [3.05, 3.63) is 35.9 Å². The van der Waals surface area contributed by atoms with Gasteiger partial charge in [-0.2, -0.15) is 0 Å². The molecule has 0 saturated heterocycles. The van der Waals surface area contributed by atoms with Gasteiger partial charge in [0.2, 0.25) is 0 Å². The molecule has 0 amide bonds. The Morgan fingerprint density at radius 3 is 2.38 bits per heavy atom. The van der Waals surface area contributed by atoms with Crippen LogP contribution in [0.1, 0.15) is 39.2 Å². The first-order valence-electron chi connectivity index (χ1n) is 8.41. The van der Waals surface area contributed by atoms with Gasteiger partial charge in [0.15, 0.2) is 12.2 Å². The summed E-state index contributed by atoms with van der Waals surface area (Å²) in [6.45, 7) is 4.93. The molecule has 0 radical (unpaired) electrons. The van der Waals surface area contributed by atoms with E-state index in [0.717, 1.165) is 11.8 Å². The standard InChI is InChI=1S/C19H26O7/c1-19(2,3)26-17(22)15(21)16(24-12-8-7-11-20)18(23)25-13-14-9-5-4-6-10-14/h4-6,9-11,15-16,21H,7-8,12-13H2,1-3H3/t15-,16-/m1/s1. The van der Waals surface area contributed by atoms with Gasteiger partial charge in [0.05, 0.1) is 0 Å². The number of aliphatic hydroxyl groups is 1. The summed E-state index contributed by atoms with van der Waals surface area (Å²) < 4.78 is 15.5. The lowest BCUT2D eigenvalue weighted by Crippen LogP contribution is -2.45. The number of hydrogen-bond donors (Lipinski definition) is 1. The lowest BCUT2D eigenvalue weighted by atomic mass is 10.1. The van der Waals surface area contributed by atoms with E-state index in [2.05, 4.69) is 0 Å². The number of unbranched alkanes of at least 4 members (excludes halogenated alkanes) is 1. The van der Waals surface area contributed by atoms with Gasteiger partial charge in [-0.25, -0.2) is 9.59 Å². The van der Waals surface area contributed by atoms with Gasteiger partial charge >= 0.3 is 11.9 Å². The molecule has 1 N–H and O–H groups in total. The summed E-state index contributed by atoms with van der Waals surface area (Å²) in [5.74, 6) is -1.85. The van der Waals surface area contributed by atoms with E-state index in [4.69, 9.17) is 14.2 Å². The van der Waals surface area contributed by atoms with Gasteiger partial charge in [-0.15, -0.1) is 0 Å². The summed E-state index contributed by atoms with van der Waals surface area (Å²) in [6.07, 6.45) is -2.04. The Kier molecular flexibility index (Phi) is 8.95. The van der Waals surface area contributed by atoms with Crippen molar-refractivity contribution in [3.63, 3.8) is 0 Å². The lowest BCUT2D eigenvalue weighted by Gasteiger charge is -2.25. The fraction of sp³-hybridized carbons (Fsp3) is 0.526. The summed E-state index contributed by atoms with van der Waals surface area (Å²) >= 11 is 0. The fourth-order valence-corrected chi connectivity index (χ4v) is 1.96. The zero-order valence-electron chi connectivity index (χ0n) is 15.3. The minimum atomic E-state index is -1.83. The highest BCUT2D eigenvalue weighted by atomic mass is 16.6. The molecule has 1 aromatic carbocycles. The summed E-state index contributed by atoms with van der Waals surface area (Å²) in [4.78, 5) is 34.7. The molecule has 1 aromatic rings. The second-order valence-electron chi connectivity index (χ2n) is 6.67. The van der Waals surface area contributed by atoms with Crippen LogP contribution >= 0.6 is 0 Å². The first-order valence-corrected chi connectivity index (χ1v) is 8.41. The smallest absolute Gasteiger partial charge is 0.338 e. The van der Waals surface area contributed by atoms with Crippen LogP contribution in [0.2, 0.25) is 0 Å². The van der Waals surface area contributed by atoms with E-state index >= 15 is 0 Å². The third kappa shape index (κ3) is 8.22. The summed E-state index contributed by atoms with van der Waals surface area (Å²) in [6, 6.07) is 8.98. The van der Waals surface area contributed by atoms with Crippen LogP contribution in [0.25, 0.3) is 0 Å². The van der Waals surface area contributed by atoms with Gasteiger partial charge in [-0.1, -0.05) is 30.3 Å². The second kappa shape index (κ2) is 10.7. The Balaban J connectivity index is 2.73. The van der Waals surface area contributed by atoms with Crippen molar-refractivity contribution in [1.29, 1.82) is 0 Å². The van der Waals surface area contributed by atoms with E-state index in [0.29, 0.717) is 6.42 Å². The minimum Gasteiger partial charge on any atom is -0.459 e. The Morgan fingerprint density at radius 2 is 1.81 bits per heavy atom. The third-order valence-corrected chi connectivity index (χ3v) is 3.15. The number of benzene rings is 1. The van der Waals surface area contributed by atoms with Crippen LogP contribution in [-0.2, 0) is 35.2 Å². The number of rotatable bonds is 10. The summed E-state index contributed by atoms with van der Waals surface area (Å²) in [7, 11) is 0. The molecule has 0 unspecified atom stereocenters. The zero-order valence-corrected chi connectivity index (χ0v) is 15.3. The van der Waals surface area contributed by atoms with Crippen LogP contribution < -0.4 is 0 Å². The molecule has 0 bridgehead atoms. The minimum absolute atomic E-state index is 0.0176. The van der Waals surface area contributed by atoms with Crippen molar-refractivity contribution in [3.8, 4) is 0 Å². The molecule has 144 valence electrons. The van der Waals surface area contributed by atoms with Crippen molar-refractivity contribution in [2.75, 3.05) is 6.61 Å². The summed E-state index contributed by atoms with van der Waals surface area (Å²) in [5.41, 5.74) is -0.0686. The highest BCUT2D eigenvalue weighted by molar-refractivity contribution is 5.85. The van der Waals surface area contributed by atoms with Crippen molar-refractivity contribution >= 4 is 18.2 Å². The lowest BCUT2D eigenvalue weighted by molar-refractivity contribution is -0.185. The molecule has 1 rings (SSSR count). The number of hydrogen-bond acceptors (Lipinski definition) is 7. The number of ether oxygens (including phenoxy) is 3. The van der Waals surface area contributed by atoms with Crippen molar-refractivity contribution in [2.45, 2.75) is 58.0 Å². The molecule has 7 nitrogen and oxygen atoms in total. The zero-order chi connectivity index (χ0) is 19.6. The van der Waals surface area contributed by atoms with E-state index in [1.165, 1.54) is 0 Å². The Hall–Kier alpha value is -2.25. The van der Waals surface area contributed by atoms with Crippen molar-refractivity contribution in [1.82, 2.24) is 0 Å². The number of aldehydes is 1. The Morgan fingerprint density at radius 1 is 1.15 bits per heavy atom. The number of aliphatic hydroxyl groups excluding tert-OH is 1. The predicted molar refractivity (Wildman–Crippen MR) is 93.1 cm³/mol. The fourth-order valence-electron chi connectivity index (χ4n) is 1.96. The maximum atomic E-state index is 12.3. The topological polar surface area (TPSA) is 99.1 Å². The molecule has 7 heteroatoms. The van der Waals surface area contributed by atoms with Gasteiger partial charge in [0, 0.05) is 13.0 Å². The van der Waals surface area contributed by atoms with E-state index in [9.17, 15) is 19.5 Å². The SMILES string of the molecule is CC(C)(C)OC(=O)[C@H](O)[C@@H](OCCCC=O)C(=O)OCc1ccccc1. The highest BCUT2D eigenvalue weighted by Gasteiger charge is 2.37. The van der Waals surface area contributed by atoms with Crippen LogP contribution in [0.15, 0.2) is 30.3 Å². The van der Waals surface area contributed by atoms with E-state index in [-0.39, 0.29) is 19.6 Å². The van der Waals surface area contributed by atoms with Gasteiger partial charge in [0.25, 0.3) is 0 Å². The maximum absolute atomic E-state index is 12.3. The first kappa shape index (κ1) is 21.8. The van der Waals surface area contributed by atoms with Crippen LogP contribution in [0.4, 0.5) is 0 Å². The molecule has 0 aliphatic carbocycles. The van der Waals surface area contributed by atoms with Gasteiger partial charge in [0.1, 0.15) is 18.5 Å². The van der Waals surface area contributed by atoms with Crippen molar-refractivity contribution in [2.24, 2.45) is 0 Å². The monoisotopic (exact) mass is 366 g/mol. The van der Waals surface area contributed by atoms with E-state index in [1.54, 1.807) is 45.0 Å². The van der Waals surface area contributed by atoms with Crippen LogP contribution in [-0.4, -0.2) is 47.7 Å². The second-order valence-corrected chi connectivity index (χ2v) is 6.67. The molecule has 0 heterocycles.